The Morgan fingerprint density at radius 3 is 1.66 bits per heavy atom. The second-order valence-electron chi connectivity index (χ2n) is 7.65. The van der Waals surface area contributed by atoms with E-state index in [9.17, 15) is 4.79 Å². The molecular weight excluding hydrogens is 376 g/mol. The van der Waals surface area contributed by atoms with Crippen molar-refractivity contribution >= 4 is 17.7 Å². The van der Waals surface area contributed by atoms with E-state index in [1.807, 2.05) is 20.8 Å². The maximum absolute atomic E-state index is 12.1. The molecule has 0 aliphatic carbocycles. The van der Waals surface area contributed by atoms with Crippen LogP contribution in [0.4, 0.5) is 0 Å². The van der Waals surface area contributed by atoms with Crippen molar-refractivity contribution in [2.45, 2.75) is 129 Å². The minimum atomic E-state index is -0.404. The van der Waals surface area contributed by atoms with Crippen molar-refractivity contribution in [3.05, 3.63) is 12.2 Å². The van der Waals surface area contributed by atoms with Gasteiger partial charge in [-0.25, -0.2) is 0 Å². The number of esters is 1. The van der Waals surface area contributed by atoms with E-state index in [0.29, 0.717) is 6.61 Å². The second-order valence-corrected chi connectivity index (χ2v) is 8.64. The fourth-order valence-corrected chi connectivity index (χ4v) is 3.57. The zero-order valence-electron chi connectivity index (χ0n) is 16.6. The molecule has 0 fully saturated rings. The van der Waals surface area contributed by atoms with Crippen LogP contribution in [0.15, 0.2) is 12.2 Å². The summed E-state index contributed by atoms with van der Waals surface area (Å²) in [6.07, 6.45) is 13.0. The van der Waals surface area contributed by atoms with Crippen LogP contribution in [0.2, 0.25) is 0 Å². The van der Waals surface area contributed by atoms with Gasteiger partial charge in [-0.05, 0) is 27.2 Å². The van der Waals surface area contributed by atoms with E-state index in [0.717, 1.165) is 23.5 Å². The van der Waals surface area contributed by atoms with Crippen LogP contribution in [-0.4, -0.2) is 24.1 Å². The Labute approximate surface area is 192 Å². The van der Waals surface area contributed by atoms with Crippen molar-refractivity contribution in [3.8, 4) is 0 Å². The van der Waals surface area contributed by atoms with Crippen molar-refractivity contribution in [2.75, 3.05) is 18.1 Å². The molecule has 3 heteroatoms. The average Bonchev–Trinajstić information content (AvgIpc) is 2.51. The van der Waals surface area contributed by atoms with Gasteiger partial charge in [0.25, 0.3) is 0 Å². The summed E-state index contributed by atoms with van der Waals surface area (Å²) in [7, 11) is 0. The summed E-state index contributed by atoms with van der Waals surface area (Å²) in [5.74, 6) is 1.64. The van der Waals surface area contributed by atoms with E-state index in [1.54, 1.807) is 11.8 Å². The predicted molar refractivity (Wildman–Crippen MR) is 142 cm³/mol. The van der Waals surface area contributed by atoms with Crippen LogP contribution < -0.4 is 0 Å². The van der Waals surface area contributed by atoms with Crippen molar-refractivity contribution in [1.82, 2.24) is 0 Å². The number of unbranched alkanes of at least 4 members (excludes halogenated alkanes) is 9. The lowest BCUT2D eigenvalue weighted by molar-refractivity contribution is -0.152. The molecule has 0 aliphatic rings. The van der Waals surface area contributed by atoms with Gasteiger partial charge in [-0.2, -0.15) is 11.8 Å². The van der Waals surface area contributed by atoms with Gasteiger partial charge in [-0.15, -0.1) is 0 Å². The molecule has 0 saturated carbocycles. The van der Waals surface area contributed by atoms with Gasteiger partial charge in [0.15, 0.2) is 0 Å². The molecule has 2 nitrogen and oxygen atoms in total. The van der Waals surface area contributed by atoms with Crippen LogP contribution in [0.25, 0.3) is 0 Å². The number of ether oxygens (including phenoxy) is 1. The maximum Gasteiger partial charge on any atom is 0.312 e. The summed E-state index contributed by atoms with van der Waals surface area (Å²) < 4.78 is 5.46. The molecule has 0 aliphatic heterocycles. The minimum absolute atomic E-state index is 0. The summed E-state index contributed by atoms with van der Waals surface area (Å²) >= 11 is 1.76. The minimum Gasteiger partial charge on any atom is -0.465 e. The third-order valence-electron chi connectivity index (χ3n) is 4.10. The molecule has 0 N–H and O–H groups in total. The Kier molecular flexibility index (Phi) is 40.5. The summed E-state index contributed by atoms with van der Waals surface area (Å²) in [5.41, 5.74) is 0.744. The topological polar surface area (TPSA) is 26.3 Å². The van der Waals surface area contributed by atoms with Gasteiger partial charge in [0, 0.05) is 11.5 Å². The largest absolute Gasteiger partial charge is 0.465 e. The summed E-state index contributed by atoms with van der Waals surface area (Å²) in [5, 5.41) is 0. The zero-order valence-corrected chi connectivity index (χ0v) is 17.4. The van der Waals surface area contributed by atoms with Gasteiger partial charge >= 0.3 is 5.97 Å². The highest BCUT2D eigenvalue weighted by atomic mass is 32.2. The Hall–Kier alpha value is -0.440. The number of rotatable bonds is 16. The second kappa shape index (κ2) is 27.6. The molecule has 0 rings (SSSR count). The van der Waals surface area contributed by atoms with Crippen molar-refractivity contribution in [1.29, 1.82) is 0 Å². The van der Waals surface area contributed by atoms with E-state index in [1.165, 1.54) is 57.8 Å². The molecule has 0 heterocycles. The first kappa shape index (κ1) is 42.6. The highest BCUT2D eigenvalue weighted by molar-refractivity contribution is 7.99. The smallest absolute Gasteiger partial charge is 0.312 e. The Balaban J connectivity index is -0.000000264. The predicted octanol–water partition coefficient (Wildman–Crippen LogP) is 9.97. The van der Waals surface area contributed by atoms with Gasteiger partial charge < -0.3 is 4.74 Å². The quantitative estimate of drug-likeness (QED) is 0.137. The Bertz CT molecular complexity index is 338. The number of carbonyl (C=O) groups excluding carboxylic acids is 1. The van der Waals surface area contributed by atoms with Crippen LogP contribution >= 0.6 is 11.8 Å². The molecule has 29 heavy (non-hydrogen) atoms. The summed E-state index contributed by atoms with van der Waals surface area (Å²) in [6, 6.07) is 0. The van der Waals surface area contributed by atoms with Crippen molar-refractivity contribution in [2.24, 2.45) is 5.41 Å². The highest BCUT2D eigenvalue weighted by Gasteiger charge is 2.29. The Morgan fingerprint density at radius 2 is 1.24 bits per heavy atom. The average molecular weight is 437 g/mol. The fraction of sp³-hybridized carbons (Fsp3) is 0.885. The van der Waals surface area contributed by atoms with E-state index >= 15 is 0 Å². The van der Waals surface area contributed by atoms with Gasteiger partial charge in [0.2, 0.25) is 0 Å². The number of hydrogen-bond acceptors (Lipinski definition) is 3. The first-order chi connectivity index (χ1) is 11.4. The molecule has 0 aromatic rings. The van der Waals surface area contributed by atoms with Crippen LogP contribution in [0, 0.1) is 5.41 Å². The molecule has 0 spiro atoms. The maximum atomic E-state index is 12.1. The normalized spacial score (nSPS) is 9.52. The Morgan fingerprint density at radius 1 is 0.828 bits per heavy atom. The van der Waals surface area contributed by atoms with Gasteiger partial charge in [0.05, 0.1) is 12.0 Å². The fourth-order valence-electron chi connectivity index (χ4n) is 2.49. The highest BCUT2D eigenvalue weighted by Crippen LogP contribution is 2.24. The molecule has 0 bridgehead atoms. The SMILES string of the molecule is C.C.C.C.C.C=C(C)CSCC(C)(C)C(=O)OCCCCCCCCCCCC. The van der Waals surface area contributed by atoms with Crippen LogP contribution in [0.3, 0.4) is 0 Å². The van der Waals surface area contributed by atoms with Gasteiger partial charge in [-0.1, -0.05) is 114 Å². The molecule has 0 amide bonds. The van der Waals surface area contributed by atoms with Crippen LogP contribution in [-0.2, 0) is 9.53 Å². The molecule has 0 unspecified atom stereocenters. The first-order valence-corrected chi connectivity index (χ1v) is 10.9. The number of thioether (sulfide) groups is 1. The summed E-state index contributed by atoms with van der Waals surface area (Å²) in [4.78, 5) is 12.1. The number of hydrogen-bond donors (Lipinski definition) is 0. The molecule has 0 saturated heterocycles. The van der Waals surface area contributed by atoms with Crippen LogP contribution in [0.1, 0.15) is 129 Å². The monoisotopic (exact) mass is 436 g/mol. The van der Waals surface area contributed by atoms with E-state index < -0.39 is 5.41 Å². The van der Waals surface area contributed by atoms with E-state index in [4.69, 9.17) is 4.74 Å². The molecule has 182 valence electrons. The van der Waals surface area contributed by atoms with Gasteiger partial charge in [0.1, 0.15) is 0 Å². The molecule has 0 atom stereocenters. The van der Waals surface area contributed by atoms with Crippen LogP contribution in [0.5, 0.6) is 0 Å². The lowest BCUT2D eigenvalue weighted by Crippen LogP contribution is -2.29. The zero-order chi connectivity index (χ0) is 18.3. The van der Waals surface area contributed by atoms with E-state index in [2.05, 4.69) is 13.5 Å². The lowest BCUT2D eigenvalue weighted by atomic mass is 9.97. The third-order valence-corrected chi connectivity index (χ3v) is 5.72. The molecule has 0 aromatic carbocycles. The molecule has 0 radical (unpaired) electrons. The van der Waals surface area contributed by atoms with E-state index in [-0.39, 0.29) is 43.1 Å². The first-order valence-electron chi connectivity index (χ1n) is 9.79. The number of carbonyl (C=O) groups is 1. The summed E-state index contributed by atoms with van der Waals surface area (Å²) in [6.45, 7) is 12.7. The van der Waals surface area contributed by atoms with Crippen molar-refractivity contribution in [3.63, 3.8) is 0 Å². The molecule has 0 aromatic heterocycles. The van der Waals surface area contributed by atoms with Crippen molar-refractivity contribution < 1.29 is 9.53 Å². The molecular formula is C26H60O2S. The van der Waals surface area contributed by atoms with Gasteiger partial charge in [-0.3, -0.25) is 4.79 Å². The lowest BCUT2D eigenvalue weighted by Gasteiger charge is -2.22. The third kappa shape index (κ3) is 27.6. The standard InChI is InChI=1S/C21H40O2S.5CH4/c1-6-7-8-9-10-11-12-13-14-15-16-23-20(22)21(4,5)18-24-17-19(2)3;;;;;/h2,6-18H2,1,3-5H3;5*1H4.